The van der Waals surface area contributed by atoms with Crippen molar-refractivity contribution in [3.05, 3.63) is 98.5 Å². The summed E-state index contributed by atoms with van der Waals surface area (Å²) in [5.74, 6) is 0.0176. The maximum atomic E-state index is 12.5. The number of carbonyl (C=O) groups excluding carboxylic acids is 1. The zero-order chi connectivity index (χ0) is 21.5. The first-order valence-electron chi connectivity index (χ1n) is 9.12. The van der Waals surface area contributed by atoms with Gasteiger partial charge < -0.3 is 10.1 Å². The Morgan fingerprint density at radius 3 is 2.53 bits per heavy atom. The van der Waals surface area contributed by atoms with E-state index in [1.54, 1.807) is 18.2 Å². The molecule has 0 aliphatic heterocycles. The van der Waals surface area contributed by atoms with E-state index in [1.165, 1.54) is 6.08 Å². The molecule has 6 heteroatoms. The van der Waals surface area contributed by atoms with Crippen molar-refractivity contribution in [3.8, 4) is 11.8 Å². The van der Waals surface area contributed by atoms with Gasteiger partial charge in [-0.25, -0.2) is 0 Å². The van der Waals surface area contributed by atoms with Crippen molar-refractivity contribution in [2.75, 3.05) is 5.32 Å². The van der Waals surface area contributed by atoms with Crippen LogP contribution in [-0.4, -0.2) is 5.91 Å². The molecule has 0 saturated heterocycles. The summed E-state index contributed by atoms with van der Waals surface area (Å²) in [6.45, 7) is 2.26. The van der Waals surface area contributed by atoms with Gasteiger partial charge >= 0.3 is 0 Å². The number of carbonyl (C=O) groups is 1. The summed E-state index contributed by atoms with van der Waals surface area (Å²) in [4.78, 5) is 12.5. The molecule has 4 nitrogen and oxygen atoms in total. The SMILES string of the molecule is Cc1ccccc1NC(=O)/C(C#N)=C\c1cc(Cl)c(OCc2ccccc2)c(Br)c1. The lowest BCUT2D eigenvalue weighted by molar-refractivity contribution is -0.112. The van der Waals surface area contributed by atoms with Crippen LogP contribution in [0.3, 0.4) is 0 Å². The summed E-state index contributed by atoms with van der Waals surface area (Å²) in [6.07, 6.45) is 1.49. The van der Waals surface area contributed by atoms with Gasteiger partial charge in [0.15, 0.2) is 5.75 Å². The summed E-state index contributed by atoms with van der Waals surface area (Å²) < 4.78 is 6.47. The fourth-order valence-corrected chi connectivity index (χ4v) is 3.74. The molecule has 0 spiro atoms. The largest absolute Gasteiger partial charge is 0.486 e. The van der Waals surface area contributed by atoms with Crippen LogP contribution in [0.1, 0.15) is 16.7 Å². The molecular weight excluding hydrogens is 464 g/mol. The molecule has 3 aromatic rings. The smallest absolute Gasteiger partial charge is 0.266 e. The van der Waals surface area contributed by atoms with Gasteiger partial charge in [-0.3, -0.25) is 4.79 Å². The minimum Gasteiger partial charge on any atom is -0.486 e. The first-order chi connectivity index (χ1) is 14.5. The van der Waals surface area contributed by atoms with E-state index in [1.807, 2.05) is 61.5 Å². The first-order valence-corrected chi connectivity index (χ1v) is 10.3. The molecule has 0 aliphatic carbocycles. The second kappa shape index (κ2) is 10.1. The van der Waals surface area contributed by atoms with E-state index < -0.39 is 5.91 Å². The molecule has 150 valence electrons. The molecule has 0 radical (unpaired) electrons. The maximum absolute atomic E-state index is 12.5. The van der Waals surface area contributed by atoms with E-state index in [0.717, 1.165) is 11.1 Å². The van der Waals surface area contributed by atoms with Gasteiger partial charge in [-0.15, -0.1) is 0 Å². The van der Waals surface area contributed by atoms with Crippen molar-refractivity contribution in [1.29, 1.82) is 5.26 Å². The number of hydrogen-bond donors (Lipinski definition) is 1. The summed E-state index contributed by atoms with van der Waals surface area (Å²) in [5, 5.41) is 12.6. The lowest BCUT2D eigenvalue weighted by Gasteiger charge is -2.11. The molecule has 1 N–H and O–H groups in total. The Morgan fingerprint density at radius 2 is 1.87 bits per heavy atom. The van der Waals surface area contributed by atoms with Crippen LogP contribution in [0.25, 0.3) is 6.08 Å². The second-order valence-corrected chi connectivity index (χ2v) is 7.79. The molecule has 0 bridgehead atoms. The average molecular weight is 482 g/mol. The Bertz CT molecular complexity index is 1110. The predicted molar refractivity (Wildman–Crippen MR) is 123 cm³/mol. The van der Waals surface area contributed by atoms with Crippen LogP contribution in [0.2, 0.25) is 5.02 Å². The summed E-state index contributed by atoms with van der Waals surface area (Å²) in [7, 11) is 0. The van der Waals surface area contributed by atoms with Crippen LogP contribution in [0.4, 0.5) is 5.69 Å². The van der Waals surface area contributed by atoms with Crippen LogP contribution in [0.5, 0.6) is 5.75 Å². The van der Waals surface area contributed by atoms with Gasteiger partial charge in [0.1, 0.15) is 18.2 Å². The van der Waals surface area contributed by atoms with Crippen molar-refractivity contribution >= 4 is 45.2 Å². The quantitative estimate of drug-likeness (QED) is 0.321. The molecule has 0 unspecified atom stereocenters. The third-order valence-corrected chi connectivity index (χ3v) is 5.19. The molecular formula is C24H18BrClN2O2. The number of nitrogens with one attached hydrogen (secondary N) is 1. The minimum atomic E-state index is -0.483. The zero-order valence-corrected chi connectivity index (χ0v) is 18.5. The number of benzene rings is 3. The lowest BCUT2D eigenvalue weighted by atomic mass is 10.1. The van der Waals surface area contributed by atoms with Crippen molar-refractivity contribution < 1.29 is 9.53 Å². The number of nitrogens with zero attached hydrogens (tertiary/aromatic N) is 1. The van der Waals surface area contributed by atoms with Gasteiger partial charge in [0.25, 0.3) is 5.91 Å². The number of hydrogen-bond acceptors (Lipinski definition) is 3. The van der Waals surface area contributed by atoms with Crippen LogP contribution in [0, 0.1) is 18.3 Å². The molecule has 30 heavy (non-hydrogen) atoms. The van der Waals surface area contributed by atoms with Crippen LogP contribution >= 0.6 is 27.5 Å². The zero-order valence-electron chi connectivity index (χ0n) is 16.2. The molecule has 0 saturated carbocycles. The second-order valence-electron chi connectivity index (χ2n) is 6.53. The molecule has 0 fully saturated rings. The Kier molecular flexibility index (Phi) is 7.29. The van der Waals surface area contributed by atoms with E-state index in [2.05, 4.69) is 21.2 Å². The Morgan fingerprint density at radius 1 is 1.17 bits per heavy atom. The Hall–Kier alpha value is -3.07. The average Bonchev–Trinajstić information content (AvgIpc) is 2.73. The number of halogens is 2. The Balaban J connectivity index is 1.79. The Labute approximate surface area is 188 Å². The van der Waals surface area contributed by atoms with Crippen LogP contribution in [-0.2, 0) is 11.4 Å². The number of amides is 1. The molecule has 3 aromatic carbocycles. The number of nitriles is 1. The molecule has 0 aromatic heterocycles. The van der Waals surface area contributed by atoms with Crippen molar-refractivity contribution in [1.82, 2.24) is 0 Å². The van der Waals surface area contributed by atoms with Crippen molar-refractivity contribution in [3.63, 3.8) is 0 Å². The van der Waals surface area contributed by atoms with E-state index in [9.17, 15) is 10.1 Å². The van der Waals surface area contributed by atoms with E-state index in [-0.39, 0.29) is 5.57 Å². The highest BCUT2D eigenvalue weighted by atomic mass is 79.9. The van der Waals surface area contributed by atoms with Gasteiger partial charge in [0, 0.05) is 5.69 Å². The van der Waals surface area contributed by atoms with E-state index >= 15 is 0 Å². The number of anilines is 1. The van der Waals surface area contributed by atoms with Gasteiger partial charge in [0.05, 0.1) is 9.50 Å². The molecule has 3 rings (SSSR count). The number of aryl methyl sites for hydroxylation is 1. The fraction of sp³-hybridized carbons (Fsp3) is 0.0833. The van der Waals surface area contributed by atoms with Gasteiger partial charge in [0.2, 0.25) is 0 Å². The number of rotatable bonds is 6. The fourth-order valence-electron chi connectivity index (χ4n) is 2.75. The van der Waals surface area contributed by atoms with Crippen LogP contribution in [0.15, 0.2) is 76.8 Å². The normalized spacial score (nSPS) is 10.9. The minimum absolute atomic E-state index is 0.0285. The van der Waals surface area contributed by atoms with E-state index in [0.29, 0.717) is 33.1 Å². The number of para-hydroxylation sites is 1. The van der Waals surface area contributed by atoms with Crippen molar-refractivity contribution in [2.24, 2.45) is 0 Å². The highest BCUT2D eigenvalue weighted by Crippen LogP contribution is 2.35. The first kappa shape index (κ1) is 21.6. The maximum Gasteiger partial charge on any atom is 0.266 e. The number of ether oxygens (including phenoxy) is 1. The summed E-state index contributed by atoms with van der Waals surface area (Å²) >= 11 is 9.85. The highest BCUT2D eigenvalue weighted by Gasteiger charge is 2.13. The van der Waals surface area contributed by atoms with Crippen LogP contribution < -0.4 is 10.1 Å². The predicted octanol–water partition coefficient (Wildman–Crippen LogP) is 6.54. The molecule has 0 heterocycles. The lowest BCUT2D eigenvalue weighted by Crippen LogP contribution is -2.14. The standard InChI is InChI=1S/C24H18BrClN2O2/c1-16-7-5-6-10-22(16)28-24(29)19(14-27)11-18-12-20(25)23(21(26)13-18)30-15-17-8-3-2-4-9-17/h2-13H,15H2,1H3,(H,28,29)/b19-11-. The van der Waals surface area contributed by atoms with Gasteiger partial charge in [-0.2, -0.15) is 5.26 Å². The van der Waals surface area contributed by atoms with Crippen molar-refractivity contribution in [2.45, 2.75) is 13.5 Å². The molecule has 0 aliphatic rings. The highest BCUT2D eigenvalue weighted by molar-refractivity contribution is 9.10. The van der Waals surface area contributed by atoms with Gasteiger partial charge in [-0.1, -0.05) is 60.1 Å². The topological polar surface area (TPSA) is 62.1 Å². The molecule has 1 amide bonds. The third kappa shape index (κ3) is 5.50. The van der Waals surface area contributed by atoms with Gasteiger partial charge in [-0.05, 0) is 63.8 Å². The summed E-state index contributed by atoms with van der Waals surface area (Å²) in [6, 6.07) is 22.5. The third-order valence-electron chi connectivity index (χ3n) is 4.32. The summed E-state index contributed by atoms with van der Waals surface area (Å²) in [5.41, 5.74) is 3.17. The monoisotopic (exact) mass is 480 g/mol. The van der Waals surface area contributed by atoms with E-state index in [4.69, 9.17) is 16.3 Å². The molecule has 0 atom stereocenters.